The number of hydrogen-bond donors (Lipinski definition) is 0. The van der Waals surface area contributed by atoms with Gasteiger partial charge in [0.25, 0.3) is 0 Å². The number of methoxy groups -OCH3 is 1. The highest BCUT2D eigenvalue weighted by Crippen LogP contribution is 2.44. The topological polar surface area (TPSA) is 91.8 Å². The molecule has 26 heavy (non-hydrogen) atoms. The molecule has 132 valence electrons. The SMILES string of the molecule is COc1ccc([C@@H]2c3c(c4cc(C)ccc4oc3=O)O[C@H]2[N+](=O)[O-])cc1. The van der Waals surface area contributed by atoms with Crippen LogP contribution < -0.4 is 15.1 Å². The normalized spacial score (nSPS) is 18.4. The Hall–Kier alpha value is -3.35. The summed E-state index contributed by atoms with van der Waals surface area (Å²) in [6, 6.07) is 12.0. The van der Waals surface area contributed by atoms with Gasteiger partial charge >= 0.3 is 11.9 Å². The monoisotopic (exact) mass is 353 g/mol. The molecular weight excluding hydrogens is 338 g/mol. The molecule has 0 saturated carbocycles. The maximum atomic E-state index is 12.6. The summed E-state index contributed by atoms with van der Waals surface area (Å²) in [4.78, 5) is 23.7. The summed E-state index contributed by atoms with van der Waals surface area (Å²) in [5.74, 6) is -0.0127. The number of nitrogens with zero attached hydrogens (tertiary/aromatic N) is 1. The zero-order valence-electron chi connectivity index (χ0n) is 14.1. The summed E-state index contributed by atoms with van der Waals surface area (Å²) >= 11 is 0. The lowest BCUT2D eigenvalue weighted by Gasteiger charge is -2.12. The summed E-state index contributed by atoms with van der Waals surface area (Å²) in [6.45, 7) is 1.89. The first kappa shape index (κ1) is 16.1. The fraction of sp³-hybridized carbons (Fsp3) is 0.211. The third kappa shape index (κ3) is 2.40. The summed E-state index contributed by atoms with van der Waals surface area (Å²) < 4.78 is 16.2. The first-order valence-corrected chi connectivity index (χ1v) is 8.01. The smallest absolute Gasteiger partial charge is 0.365 e. The average Bonchev–Trinajstić information content (AvgIpc) is 3.04. The van der Waals surface area contributed by atoms with Crippen LogP contribution in [0.1, 0.15) is 22.6 Å². The van der Waals surface area contributed by atoms with Crippen LogP contribution in [0.25, 0.3) is 11.0 Å². The molecule has 0 spiro atoms. The van der Waals surface area contributed by atoms with Crippen molar-refractivity contribution in [2.75, 3.05) is 7.11 Å². The number of hydrogen-bond acceptors (Lipinski definition) is 6. The Morgan fingerprint density at radius 2 is 1.88 bits per heavy atom. The van der Waals surface area contributed by atoms with Gasteiger partial charge in [-0.1, -0.05) is 23.8 Å². The Kier molecular flexibility index (Phi) is 3.64. The first-order chi connectivity index (χ1) is 12.5. The summed E-state index contributed by atoms with van der Waals surface area (Å²) in [6.07, 6.45) is -1.40. The lowest BCUT2D eigenvalue weighted by atomic mass is 9.91. The van der Waals surface area contributed by atoms with Crippen LogP contribution in [-0.4, -0.2) is 18.3 Å². The molecule has 0 unspecified atom stereocenters. The first-order valence-electron chi connectivity index (χ1n) is 8.01. The molecule has 0 saturated heterocycles. The average molecular weight is 353 g/mol. The van der Waals surface area contributed by atoms with E-state index < -0.39 is 22.7 Å². The van der Waals surface area contributed by atoms with Crippen LogP contribution in [-0.2, 0) is 0 Å². The van der Waals surface area contributed by atoms with Gasteiger partial charge in [0.1, 0.15) is 23.0 Å². The lowest BCUT2D eigenvalue weighted by molar-refractivity contribution is -0.561. The molecule has 0 amide bonds. The van der Waals surface area contributed by atoms with Crippen molar-refractivity contribution >= 4 is 11.0 Å². The van der Waals surface area contributed by atoms with Crippen molar-refractivity contribution in [3.8, 4) is 11.5 Å². The molecule has 1 aliphatic rings. The van der Waals surface area contributed by atoms with Gasteiger partial charge in [-0.2, -0.15) is 0 Å². The van der Waals surface area contributed by atoms with Crippen LogP contribution in [0.15, 0.2) is 51.7 Å². The van der Waals surface area contributed by atoms with Crippen molar-refractivity contribution in [2.24, 2.45) is 0 Å². The molecule has 1 aromatic heterocycles. The van der Waals surface area contributed by atoms with Gasteiger partial charge in [-0.3, -0.25) is 10.1 Å². The Morgan fingerprint density at radius 3 is 2.54 bits per heavy atom. The van der Waals surface area contributed by atoms with Gasteiger partial charge in [-0.15, -0.1) is 0 Å². The molecule has 0 aliphatic carbocycles. The molecule has 0 fully saturated rings. The number of fused-ring (bicyclic) bond motifs is 3. The van der Waals surface area contributed by atoms with Crippen molar-refractivity contribution in [1.29, 1.82) is 0 Å². The van der Waals surface area contributed by atoms with E-state index >= 15 is 0 Å². The number of benzene rings is 2. The molecule has 4 rings (SSSR count). The molecule has 2 atom stereocenters. The Bertz CT molecular complexity index is 1070. The van der Waals surface area contributed by atoms with E-state index in [2.05, 4.69) is 0 Å². The van der Waals surface area contributed by atoms with E-state index in [0.717, 1.165) is 5.56 Å². The molecule has 7 nitrogen and oxygen atoms in total. The fourth-order valence-corrected chi connectivity index (χ4v) is 3.34. The molecule has 0 bridgehead atoms. The lowest BCUT2D eigenvalue weighted by Crippen LogP contribution is -2.29. The van der Waals surface area contributed by atoms with E-state index in [4.69, 9.17) is 13.9 Å². The second-order valence-corrected chi connectivity index (χ2v) is 6.18. The van der Waals surface area contributed by atoms with Gasteiger partial charge in [0.05, 0.1) is 23.0 Å². The quantitative estimate of drug-likeness (QED) is 0.408. The minimum atomic E-state index is -1.40. The fourth-order valence-electron chi connectivity index (χ4n) is 3.34. The number of ether oxygens (including phenoxy) is 2. The van der Waals surface area contributed by atoms with Crippen molar-refractivity contribution in [3.63, 3.8) is 0 Å². The van der Waals surface area contributed by atoms with E-state index in [1.54, 1.807) is 42.5 Å². The third-order valence-electron chi connectivity index (χ3n) is 4.56. The number of nitro groups is 1. The van der Waals surface area contributed by atoms with Crippen LogP contribution in [0.5, 0.6) is 11.5 Å². The zero-order chi connectivity index (χ0) is 18.4. The van der Waals surface area contributed by atoms with Crippen LogP contribution in [0, 0.1) is 17.0 Å². The molecule has 3 aromatic rings. The van der Waals surface area contributed by atoms with Crippen molar-refractivity contribution in [1.82, 2.24) is 0 Å². The van der Waals surface area contributed by atoms with Gasteiger partial charge in [-0.05, 0) is 36.8 Å². The molecule has 2 heterocycles. The van der Waals surface area contributed by atoms with E-state index in [1.165, 1.54) is 7.11 Å². The molecule has 0 radical (unpaired) electrons. The Morgan fingerprint density at radius 1 is 1.15 bits per heavy atom. The second kappa shape index (κ2) is 5.87. The second-order valence-electron chi connectivity index (χ2n) is 6.18. The Labute approximate surface area is 147 Å². The number of rotatable bonds is 3. The summed E-state index contributed by atoms with van der Waals surface area (Å²) in [7, 11) is 1.53. The van der Waals surface area contributed by atoms with E-state index in [9.17, 15) is 14.9 Å². The van der Waals surface area contributed by atoms with E-state index in [0.29, 0.717) is 22.3 Å². The van der Waals surface area contributed by atoms with Gasteiger partial charge in [-0.25, -0.2) is 4.79 Å². The van der Waals surface area contributed by atoms with Crippen molar-refractivity contribution < 1.29 is 18.8 Å². The maximum Gasteiger partial charge on any atom is 0.365 e. The molecule has 0 N–H and O–H groups in total. The highest BCUT2D eigenvalue weighted by Gasteiger charge is 2.47. The van der Waals surface area contributed by atoms with Gasteiger partial charge < -0.3 is 13.9 Å². The van der Waals surface area contributed by atoms with Gasteiger partial charge in [0.15, 0.2) is 0 Å². The molecule has 2 aromatic carbocycles. The summed E-state index contributed by atoms with van der Waals surface area (Å²) in [5.41, 5.74) is 1.42. The van der Waals surface area contributed by atoms with Crippen LogP contribution >= 0.6 is 0 Å². The van der Waals surface area contributed by atoms with E-state index in [1.807, 2.05) is 6.92 Å². The molecular formula is C19H15NO6. The minimum absolute atomic E-state index is 0.176. The third-order valence-corrected chi connectivity index (χ3v) is 4.56. The maximum absolute atomic E-state index is 12.6. The largest absolute Gasteiger partial charge is 0.497 e. The number of aryl methyl sites for hydroxylation is 1. The minimum Gasteiger partial charge on any atom is -0.497 e. The van der Waals surface area contributed by atoms with E-state index in [-0.39, 0.29) is 11.3 Å². The van der Waals surface area contributed by atoms with Gasteiger partial charge in [0, 0.05) is 0 Å². The van der Waals surface area contributed by atoms with Crippen molar-refractivity contribution in [3.05, 3.63) is 79.7 Å². The zero-order valence-corrected chi connectivity index (χ0v) is 14.1. The van der Waals surface area contributed by atoms with Crippen LogP contribution in [0.2, 0.25) is 0 Å². The van der Waals surface area contributed by atoms with Crippen LogP contribution in [0.4, 0.5) is 0 Å². The van der Waals surface area contributed by atoms with Crippen molar-refractivity contribution in [2.45, 2.75) is 19.1 Å². The summed E-state index contributed by atoms with van der Waals surface area (Å²) in [5, 5.41) is 12.2. The predicted molar refractivity (Wildman–Crippen MR) is 93.5 cm³/mol. The highest BCUT2D eigenvalue weighted by atomic mass is 16.7. The molecule has 7 heteroatoms. The standard InChI is InChI=1S/C19H15NO6/c1-10-3-8-14-13(9-10)17-16(19(21)25-14)15(18(26-17)20(22)23)11-4-6-12(24-2)7-5-11/h3-9,15,18H,1-2H3/t15-,18-/m1/s1. The van der Waals surface area contributed by atoms with Gasteiger partial charge in [0.2, 0.25) is 0 Å². The van der Waals surface area contributed by atoms with Crippen LogP contribution in [0.3, 0.4) is 0 Å². The predicted octanol–water partition coefficient (Wildman–Crippen LogP) is 3.24. The highest BCUT2D eigenvalue weighted by molar-refractivity contribution is 5.86. The molecule has 1 aliphatic heterocycles. The Balaban J connectivity index is 1.97.